The monoisotopic (exact) mass is 192 g/mol. The van der Waals surface area contributed by atoms with Gasteiger partial charge in [-0.2, -0.15) is 0 Å². The summed E-state index contributed by atoms with van der Waals surface area (Å²) in [6.45, 7) is 1.37. The molecule has 1 rings (SSSR count). The Labute approximate surface area is 82.3 Å². The normalized spacial score (nSPS) is 12.1. The molecule has 0 amide bonds. The number of carboxylic acids is 1. The molecule has 0 saturated heterocycles. The molecule has 0 aliphatic heterocycles. The van der Waals surface area contributed by atoms with Crippen LogP contribution in [0, 0.1) is 0 Å². The molecule has 0 fully saturated rings. The topological polar surface area (TPSA) is 57.5 Å². The summed E-state index contributed by atoms with van der Waals surface area (Å²) in [7, 11) is 0. The van der Waals surface area contributed by atoms with E-state index >= 15 is 0 Å². The number of rotatable bonds is 3. The second-order valence-electron chi connectivity index (χ2n) is 2.98. The van der Waals surface area contributed by atoms with Crippen molar-refractivity contribution in [2.45, 2.75) is 6.92 Å². The van der Waals surface area contributed by atoms with E-state index in [0.717, 1.165) is 0 Å². The third-order valence-electron chi connectivity index (χ3n) is 1.94. The van der Waals surface area contributed by atoms with Crippen molar-refractivity contribution in [1.82, 2.24) is 0 Å². The molecule has 0 bridgehead atoms. The van der Waals surface area contributed by atoms with Crippen LogP contribution < -0.4 is 0 Å². The number of benzene rings is 1. The summed E-state index contributed by atoms with van der Waals surface area (Å²) in [5.74, 6) is -1.01. The molecule has 0 radical (unpaired) electrons. The van der Waals surface area contributed by atoms with E-state index in [1.165, 1.54) is 0 Å². The molecule has 3 heteroatoms. The fourth-order valence-corrected chi connectivity index (χ4v) is 1.24. The van der Waals surface area contributed by atoms with Crippen LogP contribution in [-0.2, 0) is 4.79 Å². The Morgan fingerprint density at radius 1 is 1.29 bits per heavy atom. The molecule has 0 unspecified atom stereocenters. The van der Waals surface area contributed by atoms with Gasteiger partial charge in [0.05, 0.1) is 12.2 Å². The van der Waals surface area contributed by atoms with Crippen LogP contribution in [0.5, 0.6) is 0 Å². The van der Waals surface area contributed by atoms with Crippen LogP contribution in [0.3, 0.4) is 0 Å². The van der Waals surface area contributed by atoms with E-state index in [1.807, 2.05) is 6.07 Å². The van der Waals surface area contributed by atoms with Crippen molar-refractivity contribution in [3.8, 4) is 0 Å². The van der Waals surface area contributed by atoms with Crippen molar-refractivity contribution in [1.29, 1.82) is 0 Å². The Bertz CT molecular complexity index is 352. The SMILES string of the molecule is C/C(CO)=C(\C(=O)O)c1ccccc1. The second-order valence-corrected chi connectivity index (χ2v) is 2.98. The first kappa shape index (κ1) is 10.5. The van der Waals surface area contributed by atoms with Gasteiger partial charge in [-0.05, 0) is 18.1 Å². The highest BCUT2D eigenvalue weighted by Gasteiger charge is 2.12. The highest BCUT2D eigenvalue weighted by molar-refractivity contribution is 6.16. The van der Waals surface area contributed by atoms with Gasteiger partial charge >= 0.3 is 5.97 Å². The van der Waals surface area contributed by atoms with Gasteiger partial charge in [-0.3, -0.25) is 0 Å². The third-order valence-corrected chi connectivity index (χ3v) is 1.94. The Hall–Kier alpha value is -1.61. The minimum absolute atomic E-state index is 0.174. The lowest BCUT2D eigenvalue weighted by molar-refractivity contribution is -0.130. The molecule has 0 aromatic heterocycles. The number of aliphatic carboxylic acids is 1. The smallest absolute Gasteiger partial charge is 0.336 e. The Morgan fingerprint density at radius 2 is 1.86 bits per heavy atom. The maximum atomic E-state index is 10.9. The standard InChI is InChI=1S/C11H12O3/c1-8(7-12)10(11(13)14)9-5-3-2-4-6-9/h2-6,12H,7H2,1H3,(H,13,14)/b10-8+. The summed E-state index contributed by atoms with van der Waals surface area (Å²) in [6, 6.07) is 8.77. The van der Waals surface area contributed by atoms with E-state index in [4.69, 9.17) is 10.2 Å². The first-order chi connectivity index (χ1) is 6.66. The molecule has 0 saturated carbocycles. The number of carbonyl (C=O) groups is 1. The minimum atomic E-state index is -1.01. The van der Waals surface area contributed by atoms with Gasteiger partial charge in [0.1, 0.15) is 0 Å². The molecule has 0 aliphatic rings. The van der Waals surface area contributed by atoms with Crippen LogP contribution in [0.15, 0.2) is 35.9 Å². The highest BCUT2D eigenvalue weighted by Crippen LogP contribution is 2.18. The molecule has 0 aliphatic carbocycles. The van der Waals surface area contributed by atoms with Crippen LogP contribution in [-0.4, -0.2) is 22.8 Å². The van der Waals surface area contributed by atoms with Crippen molar-refractivity contribution >= 4 is 11.5 Å². The maximum Gasteiger partial charge on any atom is 0.336 e. The van der Waals surface area contributed by atoms with E-state index in [1.54, 1.807) is 31.2 Å². The summed E-state index contributed by atoms with van der Waals surface area (Å²) >= 11 is 0. The fourth-order valence-electron chi connectivity index (χ4n) is 1.24. The molecule has 1 aromatic carbocycles. The quantitative estimate of drug-likeness (QED) is 0.714. The molecule has 0 heterocycles. The molecular formula is C11H12O3. The zero-order chi connectivity index (χ0) is 10.6. The van der Waals surface area contributed by atoms with E-state index in [-0.39, 0.29) is 12.2 Å². The molecular weight excluding hydrogens is 180 g/mol. The molecule has 0 spiro atoms. The summed E-state index contributed by atoms with van der Waals surface area (Å²) in [5, 5.41) is 17.9. The van der Waals surface area contributed by atoms with Crippen LogP contribution in [0.2, 0.25) is 0 Å². The van der Waals surface area contributed by atoms with E-state index in [2.05, 4.69) is 0 Å². The lowest BCUT2D eigenvalue weighted by Gasteiger charge is -2.05. The lowest BCUT2D eigenvalue weighted by atomic mass is 10.0. The second kappa shape index (κ2) is 4.58. The maximum absolute atomic E-state index is 10.9. The minimum Gasteiger partial charge on any atom is -0.478 e. The van der Waals surface area contributed by atoms with Gasteiger partial charge in [-0.1, -0.05) is 30.3 Å². The van der Waals surface area contributed by atoms with Gasteiger partial charge in [0.15, 0.2) is 0 Å². The van der Waals surface area contributed by atoms with Crippen molar-refractivity contribution in [2.24, 2.45) is 0 Å². The summed E-state index contributed by atoms with van der Waals surface area (Å²) in [4.78, 5) is 10.9. The third kappa shape index (κ3) is 2.20. The van der Waals surface area contributed by atoms with E-state index < -0.39 is 5.97 Å². The Morgan fingerprint density at radius 3 is 2.29 bits per heavy atom. The van der Waals surface area contributed by atoms with Crippen LogP contribution in [0.4, 0.5) is 0 Å². The summed E-state index contributed by atoms with van der Waals surface area (Å²) < 4.78 is 0. The van der Waals surface area contributed by atoms with Crippen LogP contribution >= 0.6 is 0 Å². The van der Waals surface area contributed by atoms with Crippen molar-refractivity contribution in [3.63, 3.8) is 0 Å². The number of hydrogen-bond donors (Lipinski definition) is 2. The zero-order valence-electron chi connectivity index (χ0n) is 7.90. The summed E-state index contributed by atoms with van der Waals surface area (Å²) in [6.07, 6.45) is 0. The largest absolute Gasteiger partial charge is 0.478 e. The van der Waals surface area contributed by atoms with E-state index in [9.17, 15) is 4.79 Å². The van der Waals surface area contributed by atoms with Crippen LogP contribution in [0.25, 0.3) is 5.57 Å². The Kier molecular flexibility index (Phi) is 3.42. The number of aliphatic hydroxyl groups is 1. The van der Waals surface area contributed by atoms with Crippen molar-refractivity contribution in [2.75, 3.05) is 6.61 Å². The first-order valence-electron chi connectivity index (χ1n) is 4.26. The van der Waals surface area contributed by atoms with E-state index in [0.29, 0.717) is 11.1 Å². The average Bonchev–Trinajstić information content (AvgIpc) is 2.19. The van der Waals surface area contributed by atoms with Gasteiger partial charge in [0.2, 0.25) is 0 Å². The van der Waals surface area contributed by atoms with Gasteiger partial charge in [0.25, 0.3) is 0 Å². The molecule has 0 atom stereocenters. The molecule has 14 heavy (non-hydrogen) atoms. The van der Waals surface area contributed by atoms with Gasteiger partial charge in [-0.15, -0.1) is 0 Å². The highest BCUT2D eigenvalue weighted by atomic mass is 16.4. The average molecular weight is 192 g/mol. The molecule has 74 valence electrons. The number of aliphatic hydroxyl groups excluding tert-OH is 1. The fraction of sp³-hybridized carbons (Fsp3) is 0.182. The molecule has 2 N–H and O–H groups in total. The molecule has 3 nitrogen and oxygen atoms in total. The lowest BCUT2D eigenvalue weighted by Crippen LogP contribution is -2.04. The van der Waals surface area contributed by atoms with Crippen molar-refractivity contribution < 1.29 is 15.0 Å². The molecule has 1 aromatic rings. The Balaban J connectivity index is 3.21. The van der Waals surface area contributed by atoms with Gasteiger partial charge in [0, 0.05) is 0 Å². The van der Waals surface area contributed by atoms with Gasteiger partial charge in [-0.25, -0.2) is 4.79 Å². The zero-order valence-corrected chi connectivity index (χ0v) is 7.90. The predicted molar refractivity (Wildman–Crippen MR) is 53.8 cm³/mol. The first-order valence-corrected chi connectivity index (χ1v) is 4.26. The van der Waals surface area contributed by atoms with Crippen LogP contribution in [0.1, 0.15) is 12.5 Å². The summed E-state index contributed by atoms with van der Waals surface area (Å²) in [5.41, 5.74) is 1.25. The van der Waals surface area contributed by atoms with Crippen molar-refractivity contribution in [3.05, 3.63) is 41.5 Å². The van der Waals surface area contributed by atoms with Gasteiger partial charge < -0.3 is 10.2 Å². The number of hydrogen-bond acceptors (Lipinski definition) is 2. The number of carboxylic acid groups (broad SMARTS) is 1. The predicted octanol–water partition coefficient (Wildman–Crippen LogP) is 1.54.